The van der Waals surface area contributed by atoms with Crippen molar-refractivity contribution in [2.75, 3.05) is 37.5 Å². The molecule has 0 aliphatic carbocycles. The Bertz CT molecular complexity index is 1450. The second-order valence-electron chi connectivity index (χ2n) is 9.71. The summed E-state index contributed by atoms with van der Waals surface area (Å²) >= 11 is 0. The maximum Gasteiger partial charge on any atom is 0.341 e. The molecule has 6 rings (SSSR count). The lowest BCUT2D eigenvalue weighted by atomic mass is 10.1. The van der Waals surface area contributed by atoms with Gasteiger partial charge < -0.3 is 34.5 Å². The number of rotatable bonds is 8. The minimum Gasteiger partial charge on any atom is -0.457 e. The van der Waals surface area contributed by atoms with Gasteiger partial charge in [0, 0.05) is 31.5 Å². The van der Waals surface area contributed by atoms with Gasteiger partial charge in [0.05, 0.1) is 19.3 Å². The Kier molecular flexibility index (Phi) is 7.17. The maximum absolute atomic E-state index is 12.8. The highest BCUT2D eigenvalue weighted by Gasteiger charge is 2.50. The Morgan fingerprint density at radius 1 is 0.900 bits per heavy atom. The monoisotopic (exact) mass is 543 g/mol. The van der Waals surface area contributed by atoms with E-state index in [1.165, 1.54) is 0 Å². The zero-order valence-electron chi connectivity index (χ0n) is 22.0. The molecular weight excluding hydrogens is 514 g/mol. The minimum atomic E-state index is -0.356. The molecule has 2 amide bonds. The predicted octanol–water partition coefficient (Wildman–Crippen LogP) is 3.85. The van der Waals surface area contributed by atoms with Crippen molar-refractivity contribution < 1.29 is 23.7 Å². The fraction of sp³-hybridized carbons (Fsp3) is 0.286. The first-order chi connectivity index (χ1) is 19.5. The molecule has 3 heterocycles. The fourth-order valence-electron chi connectivity index (χ4n) is 4.77. The van der Waals surface area contributed by atoms with E-state index < -0.39 is 0 Å². The van der Waals surface area contributed by atoms with Gasteiger partial charge in [0.25, 0.3) is 0 Å². The number of tetrazole rings is 1. The summed E-state index contributed by atoms with van der Waals surface area (Å²) in [6, 6.07) is 23.5. The van der Waals surface area contributed by atoms with Crippen LogP contribution in [0.15, 0.2) is 78.9 Å². The summed E-state index contributed by atoms with van der Waals surface area (Å²) < 4.78 is 25.5. The molecule has 206 valence electrons. The number of para-hydroxylation sites is 1. The normalized spacial score (nSPS) is 21.4. The smallest absolute Gasteiger partial charge is 0.341 e. The first-order valence-electron chi connectivity index (χ1n) is 12.9. The molecule has 3 aromatic carbocycles. The lowest BCUT2D eigenvalue weighted by Crippen LogP contribution is -2.45. The Labute approximate surface area is 230 Å². The van der Waals surface area contributed by atoms with E-state index in [9.17, 15) is 4.79 Å². The molecule has 12 heteroatoms. The molecule has 2 N–H and O–H groups in total. The summed E-state index contributed by atoms with van der Waals surface area (Å²) in [5.74, 6) is 2.03. The van der Waals surface area contributed by atoms with Crippen LogP contribution < -0.4 is 25.0 Å². The SMILES string of the molecule is CN(C)c1cccc(Oc2nnnn2[C@H]2CO[C@H]3[C@@H]2OC[C@@H]3NC(=O)Nc2ccc(Oc3ccccc3)cc2)c1. The zero-order valence-corrected chi connectivity index (χ0v) is 22.0. The lowest BCUT2D eigenvalue weighted by Gasteiger charge is -2.18. The molecule has 40 heavy (non-hydrogen) atoms. The van der Waals surface area contributed by atoms with Crippen molar-refractivity contribution in [1.29, 1.82) is 0 Å². The largest absolute Gasteiger partial charge is 0.457 e. The van der Waals surface area contributed by atoms with Gasteiger partial charge in [-0.05, 0) is 59.0 Å². The van der Waals surface area contributed by atoms with Crippen molar-refractivity contribution in [1.82, 2.24) is 25.5 Å². The van der Waals surface area contributed by atoms with E-state index >= 15 is 0 Å². The number of nitrogens with one attached hydrogen (secondary N) is 2. The number of fused-ring (bicyclic) bond motifs is 1. The molecule has 2 aliphatic heterocycles. The standard InChI is InChI=1S/C28H29N7O5/c1-34(2)19-7-6-10-22(15-19)40-28-31-32-33-35(28)24-17-38-25-23(16-37-26(24)25)30-27(36)29-18-11-13-21(14-12-18)39-20-8-4-3-5-9-20/h3-15,23-26H,16-17H2,1-2H3,(H2,29,30,36)/t23-,24-,25+,26+/m0/s1. The molecule has 12 nitrogen and oxygen atoms in total. The average molecular weight is 544 g/mol. The topological polar surface area (TPSA) is 125 Å². The summed E-state index contributed by atoms with van der Waals surface area (Å²) in [5, 5.41) is 17.8. The van der Waals surface area contributed by atoms with E-state index in [1.807, 2.05) is 73.6 Å². The van der Waals surface area contributed by atoms with Gasteiger partial charge in [0.2, 0.25) is 0 Å². The molecule has 0 bridgehead atoms. The van der Waals surface area contributed by atoms with Crippen LogP contribution in [-0.2, 0) is 9.47 Å². The molecule has 2 fully saturated rings. The van der Waals surface area contributed by atoms with Crippen molar-refractivity contribution >= 4 is 17.4 Å². The predicted molar refractivity (Wildman–Crippen MR) is 146 cm³/mol. The highest BCUT2D eigenvalue weighted by Crippen LogP contribution is 2.36. The van der Waals surface area contributed by atoms with Crippen molar-refractivity contribution in [2.24, 2.45) is 0 Å². The summed E-state index contributed by atoms with van der Waals surface area (Å²) in [6.07, 6.45) is -0.704. The molecule has 2 saturated heterocycles. The number of carbonyl (C=O) groups excluding carboxylic acids is 1. The summed E-state index contributed by atoms with van der Waals surface area (Å²) in [7, 11) is 3.91. The molecule has 4 aromatic rings. The van der Waals surface area contributed by atoms with Crippen LogP contribution in [0.1, 0.15) is 6.04 Å². The summed E-state index contributed by atoms with van der Waals surface area (Å²) in [6.45, 7) is 0.615. The molecular formula is C28H29N7O5. The number of carbonyl (C=O) groups is 1. The van der Waals surface area contributed by atoms with Crippen LogP contribution in [-0.4, -0.2) is 71.8 Å². The van der Waals surface area contributed by atoms with Gasteiger partial charge in [0.1, 0.15) is 35.5 Å². The van der Waals surface area contributed by atoms with Gasteiger partial charge in [-0.1, -0.05) is 29.4 Å². The number of urea groups is 1. The first kappa shape index (κ1) is 25.6. The van der Waals surface area contributed by atoms with E-state index in [1.54, 1.807) is 28.9 Å². The number of amides is 2. The number of hydrogen-bond donors (Lipinski definition) is 2. The van der Waals surface area contributed by atoms with Crippen LogP contribution >= 0.6 is 0 Å². The Morgan fingerprint density at radius 2 is 1.65 bits per heavy atom. The molecule has 0 saturated carbocycles. The second-order valence-corrected chi connectivity index (χ2v) is 9.71. The molecule has 1 aromatic heterocycles. The van der Waals surface area contributed by atoms with Crippen LogP contribution in [0.4, 0.5) is 16.2 Å². The number of nitrogens with zero attached hydrogens (tertiary/aromatic N) is 5. The number of ether oxygens (including phenoxy) is 4. The lowest BCUT2D eigenvalue weighted by molar-refractivity contribution is 0.0613. The van der Waals surface area contributed by atoms with Gasteiger partial charge in [-0.15, -0.1) is 0 Å². The zero-order chi connectivity index (χ0) is 27.5. The van der Waals surface area contributed by atoms with Crippen molar-refractivity contribution in [3.63, 3.8) is 0 Å². The number of aromatic nitrogens is 4. The van der Waals surface area contributed by atoms with Crippen molar-refractivity contribution in [2.45, 2.75) is 24.3 Å². The van der Waals surface area contributed by atoms with Crippen LogP contribution in [0.3, 0.4) is 0 Å². The average Bonchev–Trinajstić information content (AvgIpc) is 3.68. The second kappa shape index (κ2) is 11.2. The van der Waals surface area contributed by atoms with E-state index in [0.29, 0.717) is 30.4 Å². The summed E-state index contributed by atoms with van der Waals surface area (Å²) in [4.78, 5) is 14.7. The minimum absolute atomic E-state index is 0.239. The Balaban J connectivity index is 1.05. The molecule has 0 radical (unpaired) electrons. The van der Waals surface area contributed by atoms with Crippen LogP contribution in [0.25, 0.3) is 0 Å². The highest BCUT2D eigenvalue weighted by atomic mass is 16.6. The molecule has 0 spiro atoms. The van der Waals surface area contributed by atoms with Gasteiger partial charge >= 0.3 is 12.0 Å². The number of anilines is 2. The third-order valence-corrected chi connectivity index (χ3v) is 6.75. The number of benzene rings is 3. The molecule has 0 unspecified atom stereocenters. The van der Waals surface area contributed by atoms with Gasteiger partial charge in [0.15, 0.2) is 0 Å². The van der Waals surface area contributed by atoms with Crippen molar-refractivity contribution in [3.05, 3.63) is 78.9 Å². The highest BCUT2D eigenvalue weighted by molar-refractivity contribution is 5.89. The van der Waals surface area contributed by atoms with E-state index in [-0.39, 0.29) is 36.3 Å². The number of hydrogen-bond acceptors (Lipinski definition) is 9. The van der Waals surface area contributed by atoms with E-state index in [0.717, 1.165) is 11.4 Å². The van der Waals surface area contributed by atoms with Crippen LogP contribution in [0, 0.1) is 0 Å². The van der Waals surface area contributed by atoms with E-state index in [2.05, 4.69) is 26.2 Å². The summed E-state index contributed by atoms with van der Waals surface area (Å²) in [5.41, 5.74) is 1.62. The third-order valence-electron chi connectivity index (χ3n) is 6.75. The van der Waals surface area contributed by atoms with Gasteiger partial charge in [-0.3, -0.25) is 0 Å². The Hall–Kier alpha value is -4.68. The Morgan fingerprint density at radius 3 is 2.45 bits per heavy atom. The van der Waals surface area contributed by atoms with Crippen molar-refractivity contribution in [3.8, 4) is 23.3 Å². The first-order valence-corrected chi connectivity index (χ1v) is 12.9. The molecule has 4 atom stereocenters. The van der Waals surface area contributed by atoms with Gasteiger partial charge in [-0.25, -0.2) is 4.79 Å². The van der Waals surface area contributed by atoms with E-state index in [4.69, 9.17) is 18.9 Å². The van der Waals surface area contributed by atoms with Crippen LogP contribution in [0.2, 0.25) is 0 Å². The maximum atomic E-state index is 12.8. The fourth-order valence-corrected chi connectivity index (χ4v) is 4.77. The van der Waals surface area contributed by atoms with Crippen LogP contribution in [0.5, 0.6) is 23.3 Å². The van der Waals surface area contributed by atoms with Gasteiger partial charge in [-0.2, -0.15) is 4.68 Å². The third kappa shape index (κ3) is 5.53. The quantitative estimate of drug-likeness (QED) is 0.341. The molecule has 2 aliphatic rings.